The van der Waals surface area contributed by atoms with Crippen LogP contribution in [-0.4, -0.2) is 23.0 Å². The Bertz CT molecular complexity index is 463. The maximum absolute atomic E-state index is 11.7. The number of hydrogen-bond donors (Lipinski definition) is 3. The summed E-state index contributed by atoms with van der Waals surface area (Å²) in [5.41, 5.74) is 7.29. The lowest BCUT2D eigenvalue weighted by molar-refractivity contribution is -0.137. The second kappa shape index (κ2) is 6.51. The Balaban J connectivity index is 2.61. The number of amides is 1. The second-order valence-corrected chi connectivity index (χ2v) is 4.87. The van der Waals surface area contributed by atoms with Gasteiger partial charge >= 0.3 is 5.97 Å². The van der Waals surface area contributed by atoms with Crippen molar-refractivity contribution in [2.45, 2.75) is 25.8 Å². The molecule has 1 aromatic rings. The molecule has 0 aliphatic rings. The molecule has 0 aliphatic heterocycles. The van der Waals surface area contributed by atoms with Crippen LogP contribution in [0.25, 0.3) is 0 Å². The van der Waals surface area contributed by atoms with Crippen molar-refractivity contribution < 1.29 is 14.7 Å². The van der Waals surface area contributed by atoms with Crippen LogP contribution in [0.4, 0.5) is 5.69 Å². The molecular weight excluding hydrogens is 300 g/mol. The van der Waals surface area contributed by atoms with Crippen molar-refractivity contribution in [2.75, 3.05) is 5.32 Å². The van der Waals surface area contributed by atoms with E-state index >= 15 is 0 Å². The van der Waals surface area contributed by atoms with Gasteiger partial charge in [0.2, 0.25) is 5.91 Å². The number of halogens is 1. The number of aliphatic carboxylic acids is 1. The van der Waals surface area contributed by atoms with Gasteiger partial charge in [0.05, 0.1) is 11.7 Å². The lowest BCUT2D eigenvalue weighted by Gasteiger charge is -2.12. The van der Waals surface area contributed by atoms with Gasteiger partial charge in [-0.1, -0.05) is 6.07 Å². The Labute approximate surface area is 113 Å². The Morgan fingerprint density at radius 1 is 1.50 bits per heavy atom. The fourth-order valence-corrected chi connectivity index (χ4v) is 1.95. The van der Waals surface area contributed by atoms with Gasteiger partial charge in [0, 0.05) is 10.9 Å². The van der Waals surface area contributed by atoms with E-state index in [9.17, 15) is 9.59 Å². The number of aryl methyl sites for hydroxylation is 1. The third-order valence-electron chi connectivity index (χ3n) is 2.39. The molecule has 0 bridgehead atoms. The molecule has 6 heteroatoms. The summed E-state index contributed by atoms with van der Waals surface area (Å²) < 4.78 is 0.765. The van der Waals surface area contributed by atoms with Crippen LogP contribution in [0.2, 0.25) is 0 Å². The molecule has 1 unspecified atom stereocenters. The Morgan fingerprint density at radius 3 is 2.72 bits per heavy atom. The van der Waals surface area contributed by atoms with Crippen LogP contribution in [0.5, 0.6) is 0 Å². The molecule has 18 heavy (non-hydrogen) atoms. The van der Waals surface area contributed by atoms with Crippen molar-refractivity contribution >= 4 is 33.5 Å². The first-order valence-electron chi connectivity index (χ1n) is 5.44. The van der Waals surface area contributed by atoms with Crippen molar-refractivity contribution in [3.05, 3.63) is 28.2 Å². The van der Waals surface area contributed by atoms with Crippen molar-refractivity contribution in [3.8, 4) is 0 Å². The highest BCUT2D eigenvalue weighted by Gasteiger charge is 2.15. The lowest BCUT2D eigenvalue weighted by atomic mass is 10.1. The van der Waals surface area contributed by atoms with Gasteiger partial charge in [-0.15, -0.1) is 0 Å². The molecule has 0 aromatic heterocycles. The smallest absolute Gasteiger partial charge is 0.303 e. The van der Waals surface area contributed by atoms with E-state index in [-0.39, 0.29) is 18.7 Å². The lowest BCUT2D eigenvalue weighted by Crippen LogP contribution is -2.36. The van der Waals surface area contributed by atoms with Crippen LogP contribution in [0.15, 0.2) is 22.7 Å². The van der Waals surface area contributed by atoms with Crippen molar-refractivity contribution in [2.24, 2.45) is 5.73 Å². The second-order valence-electron chi connectivity index (χ2n) is 4.01. The first-order chi connectivity index (χ1) is 8.40. The summed E-state index contributed by atoms with van der Waals surface area (Å²) in [6.45, 7) is 1.94. The predicted octanol–water partition coefficient (Wildman–Crippen LogP) is 1.89. The monoisotopic (exact) mass is 314 g/mol. The first-order valence-corrected chi connectivity index (χ1v) is 6.24. The minimum absolute atomic E-state index is 0.116. The van der Waals surface area contributed by atoms with Crippen LogP contribution >= 0.6 is 15.9 Å². The fraction of sp³-hybridized carbons (Fsp3) is 0.333. The number of nitrogens with one attached hydrogen (secondary N) is 1. The molecule has 1 aromatic carbocycles. The minimum atomic E-state index is -0.963. The molecule has 0 fully saturated rings. The minimum Gasteiger partial charge on any atom is -0.481 e. The number of anilines is 1. The van der Waals surface area contributed by atoms with Crippen molar-refractivity contribution in [1.29, 1.82) is 0 Å². The number of carboxylic acids is 1. The number of benzene rings is 1. The average molecular weight is 315 g/mol. The number of carbonyl (C=O) groups is 2. The highest BCUT2D eigenvalue weighted by molar-refractivity contribution is 9.10. The average Bonchev–Trinajstić information content (AvgIpc) is 2.29. The Kier molecular flexibility index (Phi) is 5.30. The molecule has 4 N–H and O–H groups in total. The largest absolute Gasteiger partial charge is 0.481 e. The number of carboxylic acid groups (broad SMARTS) is 1. The van der Waals surface area contributed by atoms with Crippen LogP contribution < -0.4 is 11.1 Å². The Hall–Kier alpha value is -1.40. The number of rotatable bonds is 5. The quantitative estimate of drug-likeness (QED) is 0.773. The van der Waals surface area contributed by atoms with E-state index in [1.54, 1.807) is 6.07 Å². The summed E-state index contributed by atoms with van der Waals surface area (Å²) in [7, 11) is 0. The van der Waals surface area contributed by atoms with Gasteiger partial charge in [-0.2, -0.15) is 0 Å². The zero-order valence-corrected chi connectivity index (χ0v) is 11.5. The van der Waals surface area contributed by atoms with Gasteiger partial charge in [-0.25, -0.2) is 0 Å². The van der Waals surface area contributed by atoms with Gasteiger partial charge in [-0.3, -0.25) is 9.59 Å². The molecule has 0 aliphatic carbocycles. The zero-order chi connectivity index (χ0) is 13.7. The predicted molar refractivity (Wildman–Crippen MR) is 72.4 cm³/mol. The summed E-state index contributed by atoms with van der Waals surface area (Å²) in [6, 6.07) is 4.68. The molecule has 1 amide bonds. The Morgan fingerprint density at radius 2 is 2.17 bits per heavy atom. The van der Waals surface area contributed by atoms with E-state index in [2.05, 4.69) is 21.2 Å². The molecule has 0 spiro atoms. The maximum atomic E-state index is 11.7. The molecule has 5 nitrogen and oxygen atoms in total. The molecule has 98 valence electrons. The van der Waals surface area contributed by atoms with Crippen molar-refractivity contribution in [1.82, 2.24) is 0 Å². The van der Waals surface area contributed by atoms with E-state index in [4.69, 9.17) is 10.8 Å². The number of hydrogen-bond acceptors (Lipinski definition) is 3. The molecular formula is C12H15BrN2O3. The fourth-order valence-electron chi connectivity index (χ4n) is 1.36. The standard InChI is InChI=1S/C12H15BrN2O3/c1-7-2-4-10(8(13)6-7)15-12(18)9(14)3-5-11(16)17/h2,4,6,9H,3,5,14H2,1H3,(H,15,18)(H,16,17). The maximum Gasteiger partial charge on any atom is 0.303 e. The topological polar surface area (TPSA) is 92.4 Å². The molecule has 0 saturated heterocycles. The normalized spacial score (nSPS) is 11.9. The van der Waals surface area contributed by atoms with Gasteiger partial charge in [-0.05, 0) is 47.0 Å². The number of carbonyl (C=O) groups excluding carboxylic acids is 1. The number of nitrogens with two attached hydrogens (primary N) is 1. The van der Waals surface area contributed by atoms with Crippen LogP contribution in [0.3, 0.4) is 0 Å². The molecule has 1 rings (SSSR count). The summed E-state index contributed by atoms with van der Waals surface area (Å²) >= 11 is 3.34. The van der Waals surface area contributed by atoms with E-state index in [0.29, 0.717) is 5.69 Å². The van der Waals surface area contributed by atoms with Gasteiger partial charge in [0.15, 0.2) is 0 Å². The van der Waals surface area contributed by atoms with Gasteiger partial charge in [0.1, 0.15) is 0 Å². The van der Waals surface area contributed by atoms with E-state index in [1.165, 1.54) is 0 Å². The summed E-state index contributed by atoms with van der Waals surface area (Å²) in [4.78, 5) is 22.1. The first kappa shape index (κ1) is 14.7. The highest BCUT2D eigenvalue weighted by atomic mass is 79.9. The molecule has 0 radical (unpaired) electrons. The van der Waals surface area contributed by atoms with Crippen molar-refractivity contribution in [3.63, 3.8) is 0 Å². The highest BCUT2D eigenvalue weighted by Crippen LogP contribution is 2.23. The van der Waals surface area contributed by atoms with E-state index in [0.717, 1.165) is 10.0 Å². The summed E-state index contributed by atoms with van der Waals surface area (Å²) in [6.07, 6.45) is -0.00565. The van der Waals surface area contributed by atoms with Crippen LogP contribution in [0.1, 0.15) is 18.4 Å². The summed E-state index contributed by atoms with van der Waals surface area (Å²) in [5, 5.41) is 11.2. The zero-order valence-electron chi connectivity index (χ0n) is 9.94. The van der Waals surface area contributed by atoms with Gasteiger partial charge < -0.3 is 16.2 Å². The molecule has 0 heterocycles. The van der Waals surface area contributed by atoms with Gasteiger partial charge in [0.25, 0.3) is 0 Å². The third kappa shape index (κ3) is 4.46. The van der Waals surface area contributed by atoms with Crippen LogP contribution in [-0.2, 0) is 9.59 Å². The SMILES string of the molecule is Cc1ccc(NC(=O)C(N)CCC(=O)O)c(Br)c1. The molecule has 0 saturated carbocycles. The van der Waals surface area contributed by atoms with E-state index in [1.807, 2.05) is 19.1 Å². The molecule has 1 atom stereocenters. The summed E-state index contributed by atoms with van der Waals surface area (Å²) in [5.74, 6) is -1.35. The van der Waals surface area contributed by atoms with E-state index < -0.39 is 12.0 Å². The third-order valence-corrected chi connectivity index (χ3v) is 3.04. The van der Waals surface area contributed by atoms with Crippen LogP contribution in [0, 0.1) is 6.92 Å².